The van der Waals surface area contributed by atoms with Crippen molar-refractivity contribution in [3.63, 3.8) is 0 Å². The Balaban J connectivity index is 0. The van der Waals surface area contributed by atoms with Gasteiger partial charge in [0.15, 0.2) is 0 Å². The molecule has 57 valence electrons. The Morgan fingerprint density at radius 2 is 0.900 bits per heavy atom. The standard InChI is InChI=1S/C6H18NSi2.Na/c1-8(2,3)7-9(4,5)6;/h1-6H3;/q-1;. The van der Waals surface area contributed by atoms with E-state index in [1.165, 1.54) is 0 Å². The first-order valence-electron chi connectivity index (χ1n) is 3.45. The molecule has 0 fully saturated rings. The molecule has 4 heteroatoms. The van der Waals surface area contributed by atoms with Gasteiger partial charge in [-0.15, -0.1) is 0 Å². The number of rotatable bonds is 2. The second-order valence-electron chi connectivity index (χ2n) is 4.45. The predicted octanol–water partition coefficient (Wildman–Crippen LogP) is 2.65. The molecule has 0 aliphatic rings. The van der Waals surface area contributed by atoms with Crippen LogP contribution in [-0.2, 0) is 0 Å². The first-order chi connectivity index (χ1) is 3.71. The van der Waals surface area contributed by atoms with E-state index in [1.807, 2.05) is 0 Å². The SMILES string of the molecule is C[Si](C)(C)[N-][Si](C)(C)C.[Na]. The van der Waals surface area contributed by atoms with E-state index in [1.54, 1.807) is 0 Å². The Labute approximate surface area is 89.4 Å². The van der Waals surface area contributed by atoms with Crippen molar-refractivity contribution in [1.29, 1.82) is 0 Å². The molecular formula is C6H18NNaSi2-. The zero-order valence-corrected chi connectivity index (χ0v) is 12.4. The van der Waals surface area contributed by atoms with E-state index >= 15 is 0 Å². The maximum Gasteiger partial charge on any atom is 0 e. The monoisotopic (exact) mass is 183 g/mol. The van der Waals surface area contributed by atoms with Crippen molar-refractivity contribution < 1.29 is 0 Å². The quantitative estimate of drug-likeness (QED) is 0.584. The average Bonchev–Trinajstić information content (AvgIpc) is 1.14. The van der Waals surface area contributed by atoms with Crippen molar-refractivity contribution in [1.82, 2.24) is 0 Å². The molecule has 0 rings (SSSR count). The second kappa shape index (κ2) is 4.43. The molecular weight excluding hydrogens is 165 g/mol. The molecule has 0 aliphatic heterocycles. The third kappa shape index (κ3) is 12.1. The Hall–Kier alpha value is 1.39. The fraction of sp³-hybridized carbons (Fsp3) is 1.00. The fourth-order valence-electron chi connectivity index (χ4n) is 1.01. The Bertz CT molecular complexity index is 80.9. The molecule has 0 aromatic heterocycles. The number of hydrogen-bond acceptors (Lipinski definition) is 0. The Morgan fingerprint density at radius 3 is 0.900 bits per heavy atom. The van der Waals surface area contributed by atoms with E-state index in [4.69, 9.17) is 4.65 Å². The average molecular weight is 183 g/mol. The van der Waals surface area contributed by atoms with Crippen molar-refractivity contribution in [2.75, 3.05) is 0 Å². The first-order valence-corrected chi connectivity index (χ1v) is 10.3. The maximum atomic E-state index is 4.82. The van der Waals surface area contributed by atoms with Crippen LogP contribution >= 0.6 is 0 Å². The second-order valence-corrected chi connectivity index (χ2v) is 14.0. The molecule has 0 aliphatic carbocycles. The smallest absolute Gasteiger partial charge is 0 e. The van der Waals surface area contributed by atoms with Crippen molar-refractivity contribution >= 4 is 46.0 Å². The largest absolute Gasteiger partial charge is 0.668 e. The van der Waals surface area contributed by atoms with Gasteiger partial charge in [0.1, 0.15) is 0 Å². The summed E-state index contributed by atoms with van der Waals surface area (Å²) < 4.78 is 4.82. The van der Waals surface area contributed by atoms with Crippen LogP contribution in [0.15, 0.2) is 0 Å². The van der Waals surface area contributed by atoms with E-state index in [-0.39, 0.29) is 29.6 Å². The van der Waals surface area contributed by atoms with Gasteiger partial charge in [-0.05, 0) is 0 Å². The van der Waals surface area contributed by atoms with Crippen molar-refractivity contribution in [2.45, 2.75) is 39.3 Å². The fourth-order valence-corrected chi connectivity index (χ4v) is 9.06. The number of hydrogen-bond donors (Lipinski definition) is 0. The maximum absolute atomic E-state index is 4.82. The summed E-state index contributed by atoms with van der Waals surface area (Å²) in [6.07, 6.45) is 0. The zero-order chi connectivity index (χ0) is 7.71. The first kappa shape index (κ1) is 13.9. The topological polar surface area (TPSA) is 14.1 Å². The molecule has 0 bridgehead atoms. The van der Waals surface area contributed by atoms with Gasteiger partial charge in [0, 0.05) is 29.6 Å². The van der Waals surface area contributed by atoms with Gasteiger partial charge in [-0.1, -0.05) is 55.8 Å². The van der Waals surface area contributed by atoms with Crippen molar-refractivity contribution in [3.05, 3.63) is 4.65 Å². The molecule has 0 atom stereocenters. The molecule has 0 N–H and O–H groups in total. The summed E-state index contributed by atoms with van der Waals surface area (Å²) in [5.74, 6) is 0. The van der Waals surface area contributed by atoms with Crippen LogP contribution in [0.2, 0.25) is 39.3 Å². The summed E-state index contributed by atoms with van der Waals surface area (Å²) in [7, 11) is -2.21. The Morgan fingerprint density at radius 1 is 0.700 bits per heavy atom. The van der Waals surface area contributed by atoms with Crippen LogP contribution < -0.4 is 0 Å². The van der Waals surface area contributed by atoms with Crippen LogP contribution in [0.5, 0.6) is 0 Å². The summed E-state index contributed by atoms with van der Waals surface area (Å²) >= 11 is 0. The van der Waals surface area contributed by atoms with Crippen LogP contribution in [0.1, 0.15) is 0 Å². The van der Waals surface area contributed by atoms with E-state index < -0.39 is 16.5 Å². The summed E-state index contributed by atoms with van der Waals surface area (Å²) in [5.41, 5.74) is 0. The molecule has 0 saturated heterocycles. The van der Waals surface area contributed by atoms with Gasteiger partial charge in [0.25, 0.3) is 0 Å². The van der Waals surface area contributed by atoms with E-state index in [9.17, 15) is 0 Å². The minimum absolute atomic E-state index is 0. The van der Waals surface area contributed by atoms with Gasteiger partial charge in [-0.3, -0.25) is 0 Å². The van der Waals surface area contributed by atoms with E-state index in [2.05, 4.69) is 39.3 Å². The molecule has 0 heterocycles. The molecule has 10 heavy (non-hydrogen) atoms. The van der Waals surface area contributed by atoms with Crippen LogP contribution in [0.25, 0.3) is 4.65 Å². The van der Waals surface area contributed by atoms with Crippen LogP contribution in [0.3, 0.4) is 0 Å². The van der Waals surface area contributed by atoms with Crippen LogP contribution in [-0.4, -0.2) is 46.0 Å². The molecule has 0 saturated carbocycles. The normalized spacial score (nSPS) is 12.6. The predicted molar refractivity (Wildman–Crippen MR) is 55.8 cm³/mol. The minimum Gasteiger partial charge on any atom is -0.668 e. The molecule has 0 unspecified atom stereocenters. The summed E-state index contributed by atoms with van der Waals surface area (Å²) in [6, 6.07) is 0. The van der Waals surface area contributed by atoms with Gasteiger partial charge < -0.3 is 4.65 Å². The summed E-state index contributed by atoms with van der Waals surface area (Å²) in [5, 5.41) is 0. The Kier molecular flexibility index (Phi) is 6.18. The van der Waals surface area contributed by atoms with E-state index in [0.29, 0.717) is 0 Å². The molecule has 0 aromatic carbocycles. The molecule has 0 aromatic rings. The summed E-state index contributed by atoms with van der Waals surface area (Å²) in [6.45, 7) is 13.8. The van der Waals surface area contributed by atoms with Gasteiger partial charge in [0.05, 0.1) is 0 Å². The zero-order valence-electron chi connectivity index (χ0n) is 8.45. The number of nitrogens with zero attached hydrogens (tertiary/aromatic N) is 1. The van der Waals surface area contributed by atoms with Crippen molar-refractivity contribution in [2.24, 2.45) is 0 Å². The third-order valence-corrected chi connectivity index (χ3v) is 6.04. The van der Waals surface area contributed by atoms with E-state index in [0.717, 1.165) is 0 Å². The van der Waals surface area contributed by atoms with Crippen LogP contribution in [0.4, 0.5) is 0 Å². The molecule has 0 spiro atoms. The molecule has 1 nitrogen and oxygen atoms in total. The molecule has 0 amide bonds. The summed E-state index contributed by atoms with van der Waals surface area (Å²) in [4.78, 5) is 0. The van der Waals surface area contributed by atoms with Gasteiger partial charge in [-0.2, -0.15) is 0 Å². The van der Waals surface area contributed by atoms with Gasteiger partial charge in [-0.25, -0.2) is 0 Å². The van der Waals surface area contributed by atoms with Crippen LogP contribution in [0, 0.1) is 0 Å². The van der Waals surface area contributed by atoms with Gasteiger partial charge >= 0.3 is 0 Å². The van der Waals surface area contributed by atoms with Crippen molar-refractivity contribution in [3.8, 4) is 0 Å². The van der Waals surface area contributed by atoms with Gasteiger partial charge in [0.2, 0.25) is 0 Å². The molecule has 1 radical (unpaired) electrons. The minimum atomic E-state index is -1.11. The third-order valence-electron chi connectivity index (χ3n) is 0.671.